The summed E-state index contributed by atoms with van der Waals surface area (Å²) in [4.78, 5) is 1.59. The van der Waals surface area contributed by atoms with Gasteiger partial charge in [-0.05, 0) is 18.2 Å². The van der Waals surface area contributed by atoms with Crippen LogP contribution in [0.4, 0.5) is 18.9 Å². The molecule has 0 bridgehead atoms. The van der Waals surface area contributed by atoms with Crippen LogP contribution in [0.15, 0.2) is 30.5 Å². The fourth-order valence-electron chi connectivity index (χ4n) is 3.09. The van der Waals surface area contributed by atoms with Gasteiger partial charge in [-0.2, -0.15) is 5.10 Å². The number of phenols is 1. The SMILES string of the molecule is CS(=O)(=O)C1CN(c2ccc(-n3ncc4cc(F)c(O)c(F)c43)cc2F)C1. The minimum absolute atomic E-state index is 0.117. The lowest BCUT2D eigenvalue weighted by molar-refractivity contribution is 0.399. The van der Waals surface area contributed by atoms with Crippen molar-refractivity contribution in [1.29, 1.82) is 0 Å². The van der Waals surface area contributed by atoms with E-state index >= 15 is 0 Å². The molecule has 0 aliphatic carbocycles. The van der Waals surface area contributed by atoms with E-state index in [1.54, 1.807) is 4.90 Å². The molecule has 1 aromatic heterocycles. The third kappa shape index (κ3) is 2.80. The lowest BCUT2D eigenvalue weighted by atomic mass is 10.1. The van der Waals surface area contributed by atoms with Gasteiger partial charge in [-0.3, -0.25) is 0 Å². The number of hydrogen-bond acceptors (Lipinski definition) is 5. The third-order valence-electron chi connectivity index (χ3n) is 4.69. The molecule has 2 heterocycles. The van der Waals surface area contributed by atoms with Gasteiger partial charge in [0.2, 0.25) is 0 Å². The summed E-state index contributed by atoms with van der Waals surface area (Å²) in [7, 11) is -3.17. The number of hydrogen-bond donors (Lipinski definition) is 1. The van der Waals surface area contributed by atoms with Crippen molar-refractivity contribution in [2.75, 3.05) is 24.2 Å². The summed E-state index contributed by atoms with van der Waals surface area (Å²) in [5.41, 5.74) is 0.225. The van der Waals surface area contributed by atoms with Gasteiger partial charge in [-0.25, -0.2) is 26.3 Å². The highest BCUT2D eigenvalue weighted by atomic mass is 32.2. The largest absolute Gasteiger partial charge is 0.503 e. The van der Waals surface area contributed by atoms with Gasteiger partial charge in [0.15, 0.2) is 27.2 Å². The second kappa shape index (κ2) is 5.88. The molecule has 1 N–H and O–H groups in total. The zero-order valence-corrected chi connectivity index (χ0v) is 14.8. The minimum atomic E-state index is -3.17. The minimum Gasteiger partial charge on any atom is -0.503 e. The van der Waals surface area contributed by atoms with Crippen LogP contribution in [0.1, 0.15) is 0 Å². The first-order chi connectivity index (χ1) is 12.7. The highest BCUT2D eigenvalue weighted by molar-refractivity contribution is 7.91. The number of anilines is 1. The van der Waals surface area contributed by atoms with Crippen LogP contribution in [0.25, 0.3) is 16.6 Å². The average Bonchev–Trinajstić information content (AvgIpc) is 2.95. The van der Waals surface area contributed by atoms with Crippen molar-refractivity contribution < 1.29 is 26.7 Å². The highest BCUT2D eigenvalue weighted by Crippen LogP contribution is 2.32. The molecule has 1 aliphatic heterocycles. The molecule has 0 unspecified atom stereocenters. The van der Waals surface area contributed by atoms with E-state index in [-0.39, 0.29) is 35.4 Å². The Bertz CT molecular complexity index is 1170. The fourth-order valence-corrected chi connectivity index (χ4v) is 4.00. The predicted molar refractivity (Wildman–Crippen MR) is 93.5 cm³/mol. The van der Waals surface area contributed by atoms with Gasteiger partial charge in [0.05, 0.1) is 22.8 Å². The van der Waals surface area contributed by atoms with Crippen molar-refractivity contribution in [2.24, 2.45) is 0 Å². The summed E-state index contributed by atoms with van der Waals surface area (Å²) in [5.74, 6) is -4.06. The van der Waals surface area contributed by atoms with E-state index in [9.17, 15) is 26.7 Å². The van der Waals surface area contributed by atoms with Crippen molar-refractivity contribution in [3.05, 3.63) is 47.9 Å². The quantitative estimate of drug-likeness (QED) is 0.735. The lowest BCUT2D eigenvalue weighted by Gasteiger charge is -2.39. The van der Waals surface area contributed by atoms with E-state index in [1.165, 1.54) is 18.3 Å². The van der Waals surface area contributed by atoms with E-state index in [2.05, 4.69) is 5.10 Å². The normalized spacial score (nSPS) is 15.3. The first-order valence-corrected chi connectivity index (χ1v) is 9.90. The Morgan fingerprint density at radius 3 is 2.48 bits per heavy atom. The van der Waals surface area contributed by atoms with Gasteiger partial charge in [0.25, 0.3) is 0 Å². The topological polar surface area (TPSA) is 75.4 Å². The molecule has 0 atom stereocenters. The van der Waals surface area contributed by atoms with Crippen LogP contribution in [0.5, 0.6) is 5.75 Å². The molecule has 1 fully saturated rings. The average molecular weight is 397 g/mol. The van der Waals surface area contributed by atoms with Crippen molar-refractivity contribution in [3.8, 4) is 11.4 Å². The number of benzene rings is 2. The molecule has 6 nitrogen and oxygen atoms in total. The van der Waals surface area contributed by atoms with Crippen LogP contribution in [0.3, 0.4) is 0 Å². The summed E-state index contributed by atoms with van der Waals surface area (Å²) in [5, 5.41) is 13.0. The number of phenolic OH excluding ortho intramolecular Hbond substituents is 1. The molecule has 1 saturated heterocycles. The summed E-state index contributed by atoms with van der Waals surface area (Å²) < 4.78 is 66.3. The molecular formula is C17H14F3N3O3S. The van der Waals surface area contributed by atoms with Crippen molar-refractivity contribution in [1.82, 2.24) is 9.78 Å². The van der Waals surface area contributed by atoms with Crippen molar-refractivity contribution in [3.63, 3.8) is 0 Å². The molecule has 0 spiro atoms. The Hall–Kier alpha value is -2.75. The van der Waals surface area contributed by atoms with Crippen LogP contribution in [-0.4, -0.2) is 47.9 Å². The Balaban J connectivity index is 1.70. The number of nitrogens with zero attached hydrogens (tertiary/aromatic N) is 3. The fraction of sp³-hybridized carbons (Fsp3) is 0.235. The first-order valence-electron chi connectivity index (χ1n) is 7.95. The number of aromatic hydroxyl groups is 1. The Kier molecular flexibility index (Phi) is 3.84. The molecule has 2 aromatic carbocycles. The van der Waals surface area contributed by atoms with E-state index in [4.69, 9.17) is 0 Å². The molecule has 3 aromatic rings. The monoisotopic (exact) mass is 397 g/mol. The van der Waals surface area contributed by atoms with Gasteiger partial charge in [-0.15, -0.1) is 0 Å². The Labute approximate surface area is 152 Å². The van der Waals surface area contributed by atoms with Crippen molar-refractivity contribution >= 4 is 26.4 Å². The van der Waals surface area contributed by atoms with E-state index in [0.717, 1.165) is 23.1 Å². The standard InChI is InChI=1S/C17H14F3N3O3S/c1-27(25,26)11-7-22(8-11)14-3-2-10(5-12(14)18)23-16-9(6-21-23)4-13(19)17(24)15(16)20/h2-6,11,24H,7-8H2,1H3. The van der Waals surface area contributed by atoms with Gasteiger partial charge >= 0.3 is 0 Å². The van der Waals surface area contributed by atoms with E-state index in [0.29, 0.717) is 0 Å². The van der Waals surface area contributed by atoms with Gasteiger partial charge in [-0.1, -0.05) is 0 Å². The van der Waals surface area contributed by atoms with Crippen molar-refractivity contribution in [2.45, 2.75) is 5.25 Å². The molecule has 0 saturated carbocycles. The summed E-state index contributed by atoms with van der Waals surface area (Å²) in [6.45, 7) is 0.392. The number of sulfone groups is 1. The predicted octanol–water partition coefficient (Wildman–Crippen LogP) is 2.38. The molecule has 0 amide bonds. The molecule has 142 valence electrons. The van der Waals surface area contributed by atoms with E-state index in [1.807, 2.05) is 0 Å². The third-order valence-corrected chi connectivity index (χ3v) is 6.20. The zero-order chi connectivity index (χ0) is 19.5. The summed E-state index contributed by atoms with van der Waals surface area (Å²) >= 11 is 0. The highest BCUT2D eigenvalue weighted by Gasteiger charge is 2.35. The molecule has 1 aliphatic rings. The van der Waals surface area contributed by atoms with Crippen LogP contribution >= 0.6 is 0 Å². The van der Waals surface area contributed by atoms with Crippen LogP contribution in [0.2, 0.25) is 0 Å². The first kappa shape index (κ1) is 17.7. The molecule has 4 rings (SSSR count). The maximum Gasteiger partial charge on any atom is 0.194 e. The molecule has 0 radical (unpaired) electrons. The molecule has 10 heteroatoms. The van der Waals surface area contributed by atoms with E-state index < -0.39 is 38.3 Å². The van der Waals surface area contributed by atoms with Crippen LogP contribution < -0.4 is 4.90 Å². The van der Waals surface area contributed by atoms with Crippen LogP contribution in [-0.2, 0) is 9.84 Å². The molecule has 27 heavy (non-hydrogen) atoms. The smallest absolute Gasteiger partial charge is 0.194 e. The maximum absolute atomic E-state index is 14.5. The zero-order valence-electron chi connectivity index (χ0n) is 14.0. The number of aromatic nitrogens is 2. The number of rotatable bonds is 3. The molecular weight excluding hydrogens is 383 g/mol. The second-order valence-electron chi connectivity index (χ2n) is 6.51. The van der Waals surface area contributed by atoms with Gasteiger partial charge < -0.3 is 10.0 Å². The summed E-state index contributed by atoms with van der Waals surface area (Å²) in [6.07, 6.45) is 2.35. The van der Waals surface area contributed by atoms with Gasteiger partial charge in [0.1, 0.15) is 11.3 Å². The number of halogens is 3. The lowest BCUT2D eigenvalue weighted by Crippen LogP contribution is -2.54. The second-order valence-corrected chi connectivity index (χ2v) is 8.83. The Morgan fingerprint density at radius 2 is 1.85 bits per heavy atom. The van der Waals surface area contributed by atoms with Crippen LogP contribution in [0, 0.1) is 17.5 Å². The Morgan fingerprint density at radius 1 is 1.15 bits per heavy atom. The summed E-state index contributed by atoms with van der Waals surface area (Å²) in [6, 6.07) is 4.99. The van der Waals surface area contributed by atoms with Gasteiger partial charge in [0, 0.05) is 30.8 Å². The number of fused-ring (bicyclic) bond motifs is 1. The maximum atomic E-state index is 14.5.